The summed E-state index contributed by atoms with van der Waals surface area (Å²) in [6.07, 6.45) is 1.48. The number of hydrogen-bond acceptors (Lipinski definition) is 2. The Hall–Kier alpha value is -2.22. The van der Waals surface area contributed by atoms with Gasteiger partial charge in [0, 0.05) is 16.4 Å². The lowest BCUT2D eigenvalue weighted by Gasteiger charge is -2.11. The number of carbonyl (C=O) groups is 1. The Morgan fingerprint density at radius 1 is 1.32 bits per heavy atom. The van der Waals surface area contributed by atoms with Crippen LogP contribution in [-0.2, 0) is 4.79 Å². The second-order valence-electron chi connectivity index (χ2n) is 4.79. The van der Waals surface area contributed by atoms with Crippen molar-refractivity contribution in [3.63, 3.8) is 0 Å². The number of aryl methyl sites for hydroxylation is 1. The summed E-state index contributed by atoms with van der Waals surface area (Å²) in [6, 6.07) is 8.89. The highest BCUT2D eigenvalue weighted by Gasteiger charge is 2.14. The van der Waals surface area contributed by atoms with Crippen LogP contribution in [-0.4, -0.2) is 10.5 Å². The van der Waals surface area contributed by atoms with Crippen LogP contribution in [0, 0.1) is 25.2 Å². The molecule has 2 rings (SSSR count). The van der Waals surface area contributed by atoms with Gasteiger partial charge >= 0.3 is 0 Å². The Morgan fingerprint density at radius 3 is 2.55 bits per heavy atom. The summed E-state index contributed by atoms with van der Waals surface area (Å²) < 4.78 is 1.93. The van der Waals surface area contributed by atoms with Crippen molar-refractivity contribution in [1.82, 2.24) is 4.57 Å². The third-order valence-corrected chi connectivity index (χ3v) is 3.84. The third kappa shape index (κ3) is 3.01. The van der Waals surface area contributed by atoms with E-state index in [0.29, 0.717) is 10.0 Å². The van der Waals surface area contributed by atoms with Crippen LogP contribution in [0.25, 0.3) is 11.8 Å². The molecule has 0 aliphatic rings. The summed E-state index contributed by atoms with van der Waals surface area (Å²) in [5, 5.41) is 10.0. The normalized spacial score (nSPS) is 11.3. The molecule has 0 aliphatic heterocycles. The van der Waals surface area contributed by atoms with Gasteiger partial charge in [-0.2, -0.15) is 5.26 Å². The van der Waals surface area contributed by atoms with Gasteiger partial charge in [-0.1, -0.05) is 23.2 Å². The molecule has 0 saturated carbocycles. The van der Waals surface area contributed by atoms with Crippen LogP contribution in [0.2, 0.25) is 10.0 Å². The lowest BCUT2D eigenvalue weighted by Crippen LogP contribution is -2.12. The van der Waals surface area contributed by atoms with Gasteiger partial charge in [0.2, 0.25) is 0 Å². The number of primary amides is 1. The van der Waals surface area contributed by atoms with E-state index in [9.17, 15) is 4.79 Å². The number of nitrogens with two attached hydrogens (primary N) is 1. The summed E-state index contributed by atoms with van der Waals surface area (Å²) in [5.74, 6) is -0.753. The first kappa shape index (κ1) is 16.2. The molecule has 1 aromatic heterocycles. The van der Waals surface area contributed by atoms with Crippen molar-refractivity contribution in [1.29, 1.82) is 5.26 Å². The zero-order chi connectivity index (χ0) is 16.4. The molecular weight excluding hydrogens is 321 g/mol. The summed E-state index contributed by atoms with van der Waals surface area (Å²) in [6.45, 7) is 3.78. The summed E-state index contributed by atoms with van der Waals surface area (Å²) in [7, 11) is 0. The summed E-state index contributed by atoms with van der Waals surface area (Å²) in [5.41, 5.74) is 8.34. The number of nitriles is 1. The van der Waals surface area contributed by atoms with Crippen molar-refractivity contribution >= 4 is 35.2 Å². The van der Waals surface area contributed by atoms with E-state index >= 15 is 0 Å². The molecule has 2 N–H and O–H groups in total. The number of carbonyl (C=O) groups excluding carboxylic acids is 1. The third-order valence-electron chi connectivity index (χ3n) is 3.31. The molecule has 4 nitrogen and oxygen atoms in total. The van der Waals surface area contributed by atoms with Crippen molar-refractivity contribution in [2.24, 2.45) is 5.73 Å². The average molecular weight is 334 g/mol. The first-order valence-corrected chi connectivity index (χ1v) is 7.16. The zero-order valence-corrected chi connectivity index (χ0v) is 13.5. The largest absolute Gasteiger partial charge is 0.365 e. The van der Waals surface area contributed by atoms with Crippen molar-refractivity contribution in [3.8, 4) is 11.8 Å². The van der Waals surface area contributed by atoms with Crippen LogP contribution >= 0.6 is 23.2 Å². The number of hydrogen-bond donors (Lipinski definition) is 1. The Labute approximate surface area is 138 Å². The fourth-order valence-electron chi connectivity index (χ4n) is 2.28. The maximum Gasteiger partial charge on any atom is 0.259 e. The monoisotopic (exact) mass is 333 g/mol. The molecule has 0 atom stereocenters. The SMILES string of the molecule is Cc1cc(/C=C(\C#N)C(N)=O)c(C)n1-c1ccc(Cl)cc1Cl. The van der Waals surface area contributed by atoms with Crippen molar-refractivity contribution in [2.75, 3.05) is 0 Å². The van der Waals surface area contributed by atoms with Gasteiger partial charge in [0.1, 0.15) is 11.6 Å². The van der Waals surface area contributed by atoms with Crippen molar-refractivity contribution in [2.45, 2.75) is 13.8 Å². The van der Waals surface area contributed by atoms with Crippen molar-refractivity contribution < 1.29 is 4.79 Å². The van der Waals surface area contributed by atoms with Crippen LogP contribution in [0.1, 0.15) is 17.0 Å². The van der Waals surface area contributed by atoms with E-state index in [-0.39, 0.29) is 5.57 Å². The van der Waals surface area contributed by atoms with E-state index in [1.165, 1.54) is 6.08 Å². The van der Waals surface area contributed by atoms with Crippen LogP contribution < -0.4 is 5.73 Å². The lowest BCUT2D eigenvalue weighted by molar-refractivity contribution is -0.114. The van der Waals surface area contributed by atoms with Gasteiger partial charge in [-0.3, -0.25) is 4.79 Å². The Balaban J connectivity index is 2.62. The second-order valence-corrected chi connectivity index (χ2v) is 5.64. The second kappa shape index (κ2) is 6.27. The molecule has 1 amide bonds. The fourth-order valence-corrected chi connectivity index (χ4v) is 2.77. The predicted octanol–water partition coefficient (Wildman–Crippen LogP) is 3.79. The highest BCUT2D eigenvalue weighted by atomic mass is 35.5. The minimum Gasteiger partial charge on any atom is -0.365 e. The van der Waals surface area contributed by atoms with Gasteiger partial charge in [0.05, 0.1) is 10.7 Å². The summed E-state index contributed by atoms with van der Waals surface area (Å²) >= 11 is 12.2. The molecule has 0 aliphatic carbocycles. The molecule has 112 valence electrons. The van der Waals surface area contributed by atoms with Gasteiger partial charge in [-0.15, -0.1) is 0 Å². The molecule has 0 unspecified atom stereocenters. The number of halogens is 2. The maximum atomic E-state index is 11.2. The maximum absolute atomic E-state index is 11.2. The van der Waals surface area contributed by atoms with Crippen LogP contribution in [0.5, 0.6) is 0 Å². The highest BCUT2D eigenvalue weighted by Crippen LogP contribution is 2.29. The van der Waals surface area contributed by atoms with Crippen LogP contribution in [0.3, 0.4) is 0 Å². The van der Waals surface area contributed by atoms with E-state index in [1.807, 2.05) is 30.5 Å². The number of aromatic nitrogens is 1. The quantitative estimate of drug-likeness (QED) is 0.685. The molecule has 6 heteroatoms. The van der Waals surface area contributed by atoms with Crippen LogP contribution in [0.15, 0.2) is 29.8 Å². The van der Waals surface area contributed by atoms with E-state index < -0.39 is 5.91 Å². The van der Waals surface area contributed by atoms with E-state index in [2.05, 4.69) is 0 Å². The lowest BCUT2D eigenvalue weighted by atomic mass is 10.1. The van der Waals surface area contributed by atoms with Gasteiger partial charge in [-0.25, -0.2) is 0 Å². The van der Waals surface area contributed by atoms with Gasteiger partial charge < -0.3 is 10.3 Å². The molecular formula is C16H13Cl2N3O. The molecule has 1 heterocycles. The highest BCUT2D eigenvalue weighted by molar-refractivity contribution is 6.35. The van der Waals surface area contributed by atoms with Gasteiger partial charge in [0.25, 0.3) is 5.91 Å². The molecule has 0 bridgehead atoms. The Kier molecular flexibility index (Phi) is 4.60. The first-order valence-electron chi connectivity index (χ1n) is 6.41. The minimum atomic E-state index is -0.753. The standard InChI is InChI=1S/C16H13Cl2N3O/c1-9-5-11(6-12(8-19)16(20)22)10(2)21(9)15-4-3-13(17)7-14(15)18/h3-7H,1-2H3,(H2,20,22)/b12-6+. The molecule has 0 fully saturated rings. The van der Waals surface area contributed by atoms with Gasteiger partial charge in [0.15, 0.2) is 0 Å². The molecule has 0 radical (unpaired) electrons. The van der Waals surface area contributed by atoms with E-state index in [1.54, 1.807) is 18.2 Å². The first-order chi connectivity index (χ1) is 10.3. The average Bonchev–Trinajstić information content (AvgIpc) is 2.71. The minimum absolute atomic E-state index is 0.0950. The molecule has 0 spiro atoms. The van der Waals surface area contributed by atoms with Crippen LogP contribution in [0.4, 0.5) is 0 Å². The fraction of sp³-hybridized carbons (Fsp3) is 0.125. The van der Waals surface area contributed by atoms with E-state index in [0.717, 1.165) is 22.6 Å². The molecule has 2 aromatic rings. The number of benzene rings is 1. The number of nitrogens with zero attached hydrogens (tertiary/aromatic N) is 2. The Morgan fingerprint density at radius 2 is 2.00 bits per heavy atom. The van der Waals surface area contributed by atoms with E-state index in [4.69, 9.17) is 34.2 Å². The topological polar surface area (TPSA) is 71.8 Å². The number of rotatable bonds is 3. The molecule has 0 saturated heterocycles. The van der Waals surface area contributed by atoms with Crippen molar-refractivity contribution in [3.05, 3.63) is 56.8 Å². The predicted molar refractivity (Wildman–Crippen MR) is 88.0 cm³/mol. The molecule has 1 aromatic carbocycles. The van der Waals surface area contributed by atoms with Gasteiger partial charge in [-0.05, 0) is 49.8 Å². The Bertz CT molecular complexity index is 829. The number of amides is 1. The zero-order valence-electron chi connectivity index (χ0n) is 12.0. The molecule has 22 heavy (non-hydrogen) atoms. The smallest absolute Gasteiger partial charge is 0.259 e. The summed E-state index contributed by atoms with van der Waals surface area (Å²) in [4.78, 5) is 11.2.